The summed E-state index contributed by atoms with van der Waals surface area (Å²) in [5.41, 5.74) is 0. The number of benzene rings is 1. The first-order chi connectivity index (χ1) is 9.58. The number of hydrogen-bond acceptors (Lipinski definition) is 5. The van der Waals surface area contributed by atoms with Gasteiger partial charge in [0.25, 0.3) is 0 Å². The number of carbonyl (C=O) groups excluding carboxylic acids is 1. The summed E-state index contributed by atoms with van der Waals surface area (Å²) in [4.78, 5) is 11.1. The molecule has 0 fully saturated rings. The molecule has 0 radical (unpaired) electrons. The second kappa shape index (κ2) is 7.08. The van der Waals surface area contributed by atoms with Crippen LogP contribution in [0.5, 0.6) is 5.75 Å². The van der Waals surface area contributed by atoms with E-state index in [0.29, 0.717) is 25.9 Å². The van der Waals surface area contributed by atoms with Gasteiger partial charge >= 0.3 is 0 Å². The number of ether oxygens (including phenoxy) is 1. The lowest BCUT2D eigenvalue weighted by atomic mass is 10.3. The molecule has 0 bridgehead atoms. The third-order valence-corrected chi connectivity index (χ3v) is 3.67. The van der Waals surface area contributed by atoms with E-state index in [4.69, 9.17) is 39.5 Å². The fraction of sp³-hybridized carbons (Fsp3) is 0.182. The maximum absolute atomic E-state index is 11.1. The van der Waals surface area contributed by atoms with E-state index in [1.165, 1.54) is 11.3 Å². The summed E-state index contributed by atoms with van der Waals surface area (Å²) in [6.45, 7) is 0.190. The van der Waals surface area contributed by atoms with Crippen molar-refractivity contribution in [3.8, 4) is 5.75 Å². The van der Waals surface area contributed by atoms with Crippen LogP contribution in [-0.2, 0) is 11.4 Å². The maximum Gasteiger partial charge on any atom is 0.241 e. The number of rotatable bonds is 5. The number of anilines is 1. The van der Waals surface area contributed by atoms with Crippen molar-refractivity contribution in [1.82, 2.24) is 10.2 Å². The molecule has 106 valence electrons. The standard InChI is InChI=1S/C11H8Cl3N3O2S/c12-4-9(18)15-11-17-16-10(20-11)5-19-8-2-1-6(13)3-7(8)14/h1-3H,4-5H2,(H,15,17,18). The zero-order valence-corrected chi connectivity index (χ0v) is 13.0. The summed E-state index contributed by atoms with van der Waals surface area (Å²) >= 11 is 18.3. The molecule has 0 spiro atoms. The van der Waals surface area contributed by atoms with E-state index in [1.54, 1.807) is 18.2 Å². The lowest BCUT2D eigenvalue weighted by Crippen LogP contribution is -2.12. The molecular formula is C11H8Cl3N3O2S. The van der Waals surface area contributed by atoms with Crippen molar-refractivity contribution in [1.29, 1.82) is 0 Å². The molecule has 1 aromatic heterocycles. The molecule has 0 atom stereocenters. The third kappa shape index (κ3) is 4.21. The van der Waals surface area contributed by atoms with Gasteiger partial charge in [0.15, 0.2) is 5.01 Å². The predicted molar refractivity (Wildman–Crippen MR) is 80.1 cm³/mol. The highest BCUT2D eigenvalue weighted by molar-refractivity contribution is 7.15. The van der Waals surface area contributed by atoms with Gasteiger partial charge in [-0.25, -0.2) is 0 Å². The van der Waals surface area contributed by atoms with Gasteiger partial charge in [0.05, 0.1) is 5.02 Å². The fourth-order valence-corrected chi connectivity index (χ4v) is 2.45. The molecule has 20 heavy (non-hydrogen) atoms. The van der Waals surface area contributed by atoms with Gasteiger partial charge < -0.3 is 4.74 Å². The minimum atomic E-state index is -0.337. The van der Waals surface area contributed by atoms with Gasteiger partial charge in [0.1, 0.15) is 18.2 Å². The molecule has 1 aromatic carbocycles. The van der Waals surface area contributed by atoms with Crippen molar-refractivity contribution in [2.75, 3.05) is 11.2 Å². The highest BCUT2D eigenvalue weighted by Crippen LogP contribution is 2.28. The summed E-state index contributed by atoms with van der Waals surface area (Å²) < 4.78 is 5.50. The quantitative estimate of drug-likeness (QED) is 0.835. The maximum atomic E-state index is 11.1. The van der Waals surface area contributed by atoms with E-state index in [-0.39, 0.29) is 18.4 Å². The van der Waals surface area contributed by atoms with Crippen molar-refractivity contribution in [3.05, 3.63) is 33.3 Å². The average Bonchev–Trinajstić information content (AvgIpc) is 2.85. The number of halogens is 3. The molecule has 2 rings (SSSR count). The van der Waals surface area contributed by atoms with Gasteiger partial charge in [-0.05, 0) is 18.2 Å². The van der Waals surface area contributed by atoms with Gasteiger partial charge in [0, 0.05) is 5.02 Å². The number of amides is 1. The Hall–Kier alpha value is -1.08. The number of nitrogens with zero attached hydrogens (tertiary/aromatic N) is 2. The van der Waals surface area contributed by atoms with Crippen LogP contribution >= 0.6 is 46.1 Å². The van der Waals surface area contributed by atoms with Crippen molar-refractivity contribution < 1.29 is 9.53 Å². The Morgan fingerprint density at radius 2 is 2.15 bits per heavy atom. The van der Waals surface area contributed by atoms with Crippen LogP contribution < -0.4 is 10.1 Å². The molecule has 0 unspecified atom stereocenters. The molecule has 0 aliphatic carbocycles. The molecular weight excluding hydrogens is 345 g/mol. The zero-order valence-electron chi connectivity index (χ0n) is 9.90. The summed E-state index contributed by atoms with van der Waals surface area (Å²) in [6, 6.07) is 4.93. The lowest BCUT2D eigenvalue weighted by Gasteiger charge is -2.05. The van der Waals surface area contributed by atoms with Crippen molar-refractivity contribution in [3.63, 3.8) is 0 Å². The smallest absolute Gasteiger partial charge is 0.241 e. The Morgan fingerprint density at radius 3 is 2.85 bits per heavy atom. The number of alkyl halides is 1. The van der Waals surface area contributed by atoms with Gasteiger partial charge in [-0.15, -0.1) is 21.8 Å². The lowest BCUT2D eigenvalue weighted by molar-refractivity contribution is -0.113. The van der Waals surface area contributed by atoms with E-state index < -0.39 is 0 Å². The first-order valence-corrected chi connectivity index (χ1v) is 7.45. The van der Waals surface area contributed by atoms with Gasteiger partial charge in [0.2, 0.25) is 11.0 Å². The Kier molecular flexibility index (Phi) is 5.42. The van der Waals surface area contributed by atoms with Crippen LogP contribution in [0.3, 0.4) is 0 Å². The summed E-state index contributed by atoms with van der Waals surface area (Å²) in [6.07, 6.45) is 0. The minimum Gasteiger partial charge on any atom is -0.485 e. The highest BCUT2D eigenvalue weighted by atomic mass is 35.5. The van der Waals surface area contributed by atoms with Crippen LogP contribution in [0.2, 0.25) is 10.0 Å². The number of hydrogen-bond donors (Lipinski definition) is 1. The van der Waals surface area contributed by atoms with E-state index in [9.17, 15) is 4.79 Å². The van der Waals surface area contributed by atoms with Crippen LogP contribution in [0.1, 0.15) is 5.01 Å². The summed E-state index contributed by atoms with van der Waals surface area (Å²) in [5, 5.41) is 12.1. The van der Waals surface area contributed by atoms with Crippen molar-refractivity contribution in [2.45, 2.75) is 6.61 Å². The Labute approximate surface area is 133 Å². The largest absolute Gasteiger partial charge is 0.485 e. The van der Waals surface area contributed by atoms with Gasteiger partial charge in [-0.3, -0.25) is 10.1 Å². The highest BCUT2D eigenvalue weighted by Gasteiger charge is 2.09. The van der Waals surface area contributed by atoms with Crippen LogP contribution in [0.25, 0.3) is 0 Å². The molecule has 2 aromatic rings. The van der Waals surface area contributed by atoms with Crippen LogP contribution in [0.4, 0.5) is 5.13 Å². The topological polar surface area (TPSA) is 64.1 Å². The summed E-state index contributed by atoms with van der Waals surface area (Å²) in [7, 11) is 0. The average molecular weight is 353 g/mol. The van der Waals surface area contributed by atoms with E-state index in [0.717, 1.165) is 0 Å². The molecule has 0 aliphatic rings. The van der Waals surface area contributed by atoms with E-state index in [1.807, 2.05) is 0 Å². The van der Waals surface area contributed by atoms with Crippen molar-refractivity contribution >= 4 is 57.2 Å². The predicted octanol–water partition coefficient (Wildman–Crippen LogP) is 3.60. The fourth-order valence-electron chi connectivity index (χ4n) is 1.25. The van der Waals surface area contributed by atoms with Crippen LogP contribution in [0, 0.1) is 0 Å². The molecule has 0 saturated heterocycles. The second-order valence-corrected chi connectivity index (χ2v) is 5.72. The number of aromatic nitrogens is 2. The Balaban J connectivity index is 1.95. The molecule has 1 N–H and O–H groups in total. The van der Waals surface area contributed by atoms with Gasteiger partial charge in [-0.1, -0.05) is 34.5 Å². The SMILES string of the molecule is O=C(CCl)Nc1nnc(COc2ccc(Cl)cc2Cl)s1. The number of nitrogens with one attached hydrogen (secondary N) is 1. The van der Waals surface area contributed by atoms with Crippen LogP contribution in [-0.4, -0.2) is 22.0 Å². The molecule has 5 nitrogen and oxygen atoms in total. The molecule has 1 heterocycles. The monoisotopic (exact) mass is 351 g/mol. The molecule has 9 heteroatoms. The Morgan fingerprint density at radius 1 is 1.35 bits per heavy atom. The van der Waals surface area contributed by atoms with E-state index >= 15 is 0 Å². The molecule has 0 saturated carbocycles. The summed E-state index contributed by atoms with van der Waals surface area (Å²) in [5.74, 6) is 0.0276. The molecule has 0 aliphatic heterocycles. The van der Waals surface area contributed by atoms with E-state index in [2.05, 4.69) is 15.5 Å². The van der Waals surface area contributed by atoms with Gasteiger partial charge in [-0.2, -0.15) is 0 Å². The third-order valence-electron chi connectivity index (χ3n) is 2.08. The minimum absolute atomic E-state index is 0.133. The second-order valence-electron chi connectivity index (χ2n) is 3.55. The first kappa shape index (κ1) is 15.3. The van der Waals surface area contributed by atoms with Crippen LogP contribution in [0.15, 0.2) is 18.2 Å². The Bertz CT molecular complexity index is 621. The van der Waals surface area contributed by atoms with Crippen molar-refractivity contribution in [2.24, 2.45) is 0 Å². The zero-order chi connectivity index (χ0) is 14.5. The normalized spacial score (nSPS) is 10.3. The first-order valence-electron chi connectivity index (χ1n) is 5.34. The number of carbonyl (C=O) groups is 1. The molecule has 1 amide bonds.